The molecule has 128 valence electrons. The highest BCUT2D eigenvalue weighted by molar-refractivity contribution is 9.13. The van der Waals surface area contributed by atoms with Gasteiger partial charge in [0.25, 0.3) is 0 Å². The van der Waals surface area contributed by atoms with Gasteiger partial charge >= 0.3 is 0 Å². The van der Waals surface area contributed by atoms with E-state index in [1.807, 2.05) is 7.11 Å². The Kier molecular flexibility index (Phi) is 5.13. The second-order valence-electron chi connectivity index (χ2n) is 7.55. The van der Waals surface area contributed by atoms with Gasteiger partial charge in [-0.3, -0.25) is 0 Å². The highest BCUT2D eigenvalue weighted by atomic mass is 79.9. The highest BCUT2D eigenvalue weighted by Gasteiger charge is 2.24. The molecule has 4 rings (SSSR count). The maximum atomic E-state index is 5.90. The van der Waals surface area contributed by atoms with Crippen molar-refractivity contribution in [2.75, 3.05) is 7.11 Å². The van der Waals surface area contributed by atoms with E-state index in [1.165, 1.54) is 36.8 Å². The molecule has 0 unspecified atom stereocenters. The predicted octanol–water partition coefficient (Wildman–Crippen LogP) is 6.40. The van der Waals surface area contributed by atoms with Gasteiger partial charge in [-0.05, 0) is 90.8 Å². The zero-order chi connectivity index (χ0) is 17.5. The van der Waals surface area contributed by atoms with Crippen molar-refractivity contribution in [3.8, 4) is 5.75 Å². The second kappa shape index (κ2) is 6.84. The minimum absolute atomic E-state index is 0.114. The minimum Gasteiger partial charge on any atom is -0.496 e. The molecular formula is C21H24Br2O. The van der Waals surface area contributed by atoms with Gasteiger partial charge in [-0.2, -0.15) is 0 Å². The average molecular weight is 452 g/mol. The van der Waals surface area contributed by atoms with Crippen molar-refractivity contribution in [2.45, 2.75) is 51.9 Å². The van der Waals surface area contributed by atoms with Crippen LogP contribution in [0.3, 0.4) is 0 Å². The SMILES string of the molecule is COc1c2ccc(C(C)(C)C)c1CCc1ccc(c(Br)c1Br)CC2. The van der Waals surface area contributed by atoms with Gasteiger partial charge in [-0.25, -0.2) is 0 Å². The van der Waals surface area contributed by atoms with E-state index in [4.69, 9.17) is 4.74 Å². The third kappa shape index (κ3) is 3.30. The molecule has 2 aromatic carbocycles. The lowest BCUT2D eigenvalue weighted by Gasteiger charge is -2.26. The summed E-state index contributed by atoms with van der Waals surface area (Å²) in [5, 5.41) is 0. The number of rotatable bonds is 1. The van der Waals surface area contributed by atoms with Crippen molar-refractivity contribution in [1.82, 2.24) is 0 Å². The van der Waals surface area contributed by atoms with E-state index in [9.17, 15) is 0 Å². The number of methoxy groups -OCH3 is 1. The number of benzene rings is 2. The Morgan fingerprint density at radius 3 is 1.83 bits per heavy atom. The summed E-state index contributed by atoms with van der Waals surface area (Å²) in [6.45, 7) is 6.85. The molecule has 0 amide bonds. The molecule has 0 N–H and O–H groups in total. The number of hydrogen-bond acceptors (Lipinski definition) is 1. The monoisotopic (exact) mass is 450 g/mol. The molecule has 0 radical (unpaired) electrons. The summed E-state index contributed by atoms with van der Waals surface area (Å²) < 4.78 is 8.29. The molecule has 0 saturated carbocycles. The molecule has 2 aliphatic carbocycles. The van der Waals surface area contributed by atoms with Crippen LogP contribution in [0.1, 0.15) is 48.6 Å². The Hall–Kier alpha value is -0.800. The van der Waals surface area contributed by atoms with E-state index in [1.54, 1.807) is 0 Å². The van der Waals surface area contributed by atoms with Gasteiger partial charge in [0.1, 0.15) is 5.75 Å². The van der Waals surface area contributed by atoms with Crippen molar-refractivity contribution >= 4 is 31.9 Å². The molecular weight excluding hydrogens is 428 g/mol. The Morgan fingerprint density at radius 1 is 0.792 bits per heavy atom. The van der Waals surface area contributed by atoms with E-state index in [-0.39, 0.29) is 5.41 Å². The first kappa shape index (κ1) is 18.0. The van der Waals surface area contributed by atoms with Crippen LogP contribution >= 0.6 is 31.9 Å². The van der Waals surface area contributed by atoms with Crippen LogP contribution in [-0.2, 0) is 31.1 Å². The van der Waals surface area contributed by atoms with Gasteiger partial charge in [0.05, 0.1) is 7.11 Å². The van der Waals surface area contributed by atoms with Gasteiger partial charge < -0.3 is 4.74 Å². The lowest BCUT2D eigenvalue weighted by Crippen LogP contribution is -2.16. The van der Waals surface area contributed by atoms with E-state index in [0.29, 0.717) is 0 Å². The van der Waals surface area contributed by atoms with Crippen molar-refractivity contribution in [2.24, 2.45) is 0 Å². The number of fused-ring (bicyclic) bond motifs is 4. The smallest absolute Gasteiger partial charge is 0.125 e. The van der Waals surface area contributed by atoms with E-state index >= 15 is 0 Å². The lowest BCUT2D eigenvalue weighted by atomic mass is 9.81. The number of ether oxygens (including phenoxy) is 1. The van der Waals surface area contributed by atoms with Crippen LogP contribution in [0.25, 0.3) is 0 Å². The maximum absolute atomic E-state index is 5.90. The van der Waals surface area contributed by atoms with Crippen LogP contribution in [0.15, 0.2) is 33.2 Å². The Balaban J connectivity index is 2.18. The third-order valence-electron chi connectivity index (χ3n) is 4.90. The molecule has 0 atom stereocenters. The topological polar surface area (TPSA) is 9.23 Å². The van der Waals surface area contributed by atoms with Crippen LogP contribution in [0, 0.1) is 0 Å². The van der Waals surface area contributed by atoms with E-state index in [2.05, 4.69) is 76.9 Å². The molecule has 0 fully saturated rings. The molecule has 0 aromatic heterocycles. The number of halogens is 2. The first-order chi connectivity index (χ1) is 11.3. The van der Waals surface area contributed by atoms with Crippen LogP contribution in [0.2, 0.25) is 0 Å². The first-order valence-corrected chi connectivity index (χ1v) is 10.1. The van der Waals surface area contributed by atoms with Crippen molar-refractivity contribution in [1.29, 1.82) is 0 Å². The van der Waals surface area contributed by atoms with Crippen molar-refractivity contribution in [3.05, 3.63) is 61.0 Å². The van der Waals surface area contributed by atoms with Gasteiger partial charge in [0.2, 0.25) is 0 Å². The number of hydrogen-bond donors (Lipinski definition) is 0. The predicted molar refractivity (Wildman–Crippen MR) is 108 cm³/mol. The second-order valence-corrected chi connectivity index (χ2v) is 9.13. The van der Waals surface area contributed by atoms with E-state index in [0.717, 1.165) is 31.4 Å². The van der Waals surface area contributed by atoms with Gasteiger partial charge in [0.15, 0.2) is 0 Å². The largest absolute Gasteiger partial charge is 0.496 e. The Morgan fingerprint density at radius 2 is 1.29 bits per heavy atom. The molecule has 3 heteroatoms. The van der Waals surface area contributed by atoms with E-state index < -0.39 is 0 Å². The molecule has 0 heterocycles. The van der Waals surface area contributed by atoms with Gasteiger partial charge in [-0.15, -0.1) is 0 Å². The summed E-state index contributed by atoms with van der Waals surface area (Å²) in [7, 11) is 1.81. The standard InChI is InChI=1S/C21H24Br2O/c1-21(2,3)17-12-10-15-8-7-13-5-6-14(19(23)18(13)22)9-11-16(17)20(15)24-4/h5-6,10,12H,7-9,11H2,1-4H3. The fraction of sp³-hybridized carbons (Fsp3) is 0.429. The first-order valence-electron chi connectivity index (χ1n) is 8.48. The molecule has 24 heavy (non-hydrogen) atoms. The fourth-order valence-corrected chi connectivity index (χ4v) is 4.79. The van der Waals surface area contributed by atoms with Gasteiger partial charge in [0, 0.05) is 8.95 Å². The quantitative estimate of drug-likeness (QED) is 0.487. The normalized spacial score (nSPS) is 14.4. The average Bonchev–Trinajstić information content (AvgIpc) is 2.55. The van der Waals surface area contributed by atoms with Crippen LogP contribution < -0.4 is 4.74 Å². The molecule has 2 aliphatic rings. The van der Waals surface area contributed by atoms with Crippen molar-refractivity contribution < 1.29 is 4.74 Å². The lowest BCUT2D eigenvalue weighted by molar-refractivity contribution is 0.401. The third-order valence-corrected chi connectivity index (χ3v) is 7.25. The molecule has 4 bridgehead atoms. The van der Waals surface area contributed by atoms with Crippen LogP contribution in [0.4, 0.5) is 0 Å². The summed E-state index contributed by atoms with van der Waals surface area (Å²) in [5.41, 5.74) is 6.88. The molecule has 1 nitrogen and oxygen atoms in total. The number of aryl methyl sites for hydroxylation is 3. The van der Waals surface area contributed by atoms with Crippen LogP contribution in [0.5, 0.6) is 5.75 Å². The van der Waals surface area contributed by atoms with Crippen LogP contribution in [-0.4, -0.2) is 7.11 Å². The summed E-state index contributed by atoms with van der Waals surface area (Å²) >= 11 is 7.56. The van der Waals surface area contributed by atoms with Gasteiger partial charge in [-0.1, -0.05) is 45.0 Å². The summed E-state index contributed by atoms with van der Waals surface area (Å²) in [6, 6.07) is 9.10. The zero-order valence-corrected chi connectivity index (χ0v) is 18.0. The Bertz CT molecular complexity index is 772. The molecule has 0 aliphatic heterocycles. The Labute approximate surface area is 162 Å². The summed E-state index contributed by atoms with van der Waals surface area (Å²) in [5.74, 6) is 1.09. The fourth-order valence-electron chi connectivity index (χ4n) is 3.62. The molecule has 0 spiro atoms. The highest BCUT2D eigenvalue weighted by Crippen LogP contribution is 2.39. The van der Waals surface area contributed by atoms with Crippen molar-refractivity contribution in [3.63, 3.8) is 0 Å². The minimum atomic E-state index is 0.114. The maximum Gasteiger partial charge on any atom is 0.125 e. The molecule has 2 aromatic rings. The molecule has 0 saturated heterocycles. The zero-order valence-electron chi connectivity index (χ0n) is 14.8. The summed E-state index contributed by atoms with van der Waals surface area (Å²) in [4.78, 5) is 0. The summed E-state index contributed by atoms with van der Waals surface area (Å²) in [6.07, 6.45) is 3.99.